The number of amides is 1. The van der Waals surface area contributed by atoms with Crippen molar-refractivity contribution < 1.29 is 19.1 Å². The third-order valence-electron chi connectivity index (χ3n) is 6.68. The van der Waals surface area contributed by atoms with Gasteiger partial charge in [-0.05, 0) is 57.6 Å². The Bertz CT molecular complexity index is 1230. The number of aldehydes is 1. The quantitative estimate of drug-likeness (QED) is 0.474. The van der Waals surface area contributed by atoms with Crippen molar-refractivity contribution in [3.63, 3.8) is 0 Å². The van der Waals surface area contributed by atoms with Gasteiger partial charge in [-0.3, -0.25) is 14.3 Å². The van der Waals surface area contributed by atoms with Crippen molar-refractivity contribution in [3.05, 3.63) is 40.8 Å². The number of carbonyl (C=O) groups is 2. The second-order valence-corrected chi connectivity index (χ2v) is 10.2. The minimum Gasteiger partial charge on any atom is -0.493 e. The molecule has 1 unspecified atom stereocenters. The number of likely N-dealkylation sites (tertiary alicyclic amines) is 1. The molecule has 0 N–H and O–H groups in total. The van der Waals surface area contributed by atoms with Gasteiger partial charge in [0.25, 0.3) is 5.91 Å². The van der Waals surface area contributed by atoms with Crippen molar-refractivity contribution in [2.45, 2.75) is 52.1 Å². The van der Waals surface area contributed by atoms with Gasteiger partial charge in [0, 0.05) is 31.3 Å². The minimum atomic E-state index is -0.0633. The Morgan fingerprint density at radius 1 is 1.20 bits per heavy atom. The van der Waals surface area contributed by atoms with Crippen LogP contribution in [0.2, 0.25) is 0 Å². The molecule has 1 atom stereocenters. The molecule has 0 aliphatic carbocycles. The van der Waals surface area contributed by atoms with Crippen molar-refractivity contribution in [3.8, 4) is 27.9 Å². The summed E-state index contributed by atoms with van der Waals surface area (Å²) in [4.78, 5) is 37.0. The van der Waals surface area contributed by atoms with E-state index >= 15 is 0 Å². The van der Waals surface area contributed by atoms with Gasteiger partial charge in [0.1, 0.15) is 6.29 Å². The average molecular weight is 495 g/mol. The second-order valence-electron chi connectivity index (χ2n) is 9.35. The molecule has 1 fully saturated rings. The Balaban J connectivity index is 1.62. The van der Waals surface area contributed by atoms with E-state index in [2.05, 4.69) is 9.55 Å². The molecule has 8 nitrogen and oxygen atoms in total. The zero-order valence-electron chi connectivity index (χ0n) is 20.3. The summed E-state index contributed by atoms with van der Waals surface area (Å²) in [7, 11) is 1.65. The number of carbonyl (C=O) groups excluding carboxylic acids is 2. The number of thiazole rings is 1. The first-order valence-electron chi connectivity index (χ1n) is 12.1. The Kier molecular flexibility index (Phi) is 6.60. The largest absolute Gasteiger partial charge is 0.493 e. The molecule has 0 spiro atoms. The van der Waals surface area contributed by atoms with Gasteiger partial charge < -0.3 is 19.2 Å². The van der Waals surface area contributed by atoms with Crippen LogP contribution in [-0.4, -0.2) is 57.9 Å². The summed E-state index contributed by atoms with van der Waals surface area (Å²) in [5.41, 5.74) is 5.25. The smallest absolute Gasteiger partial charge is 0.274 e. The third kappa shape index (κ3) is 4.45. The number of ether oxygens (including phenoxy) is 2. The first kappa shape index (κ1) is 23.5. The van der Waals surface area contributed by atoms with Crippen LogP contribution < -0.4 is 9.47 Å². The lowest BCUT2D eigenvalue weighted by Gasteiger charge is -2.25. The molecule has 5 rings (SSSR count). The summed E-state index contributed by atoms with van der Waals surface area (Å²) in [6.07, 6.45) is 6.62. The summed E-state index contributed by atoms with van der Waals surface area (Å²) < 4.78 is 13.8. The van der Waals surface area contributed by atoms with Crippen molar-refractivity contribution in [1.29, 1.82) is 0 Å². The summed E-state index contributed by atoms with van der Waals surface area (Å²) in [6.45, 7) is 5.19. The van der Waals surface area contributed by atoms with E-state index in [-0.39, 0.29) is 17.9 Å². The standard InChI is InChI=1S/C26H30N4O4S/c1-16(2)34-22-12-20-18(11-21(22)33-3)6-7-19-24(28-25(30(19)20)23-13-27-15-35-23)26(32)29-9-4-5-17(14-31)8-10-29/h11-17H,4-10H2,1-3H3. The fraction of sp³-hybridized carbons (Fsp3) is 0.462. The van der Waals surface area contributed by atoms with Crippen LogP contribution in [0.25, 0.3) is 16.4 Å². The lowest BCUT2D eigenvalue weighted by Crippen LogP contribution is -2.33. The van der Waals surface area contributed by atoms with Crippen LogP contribution >= 0.6 is 11.3 Å². The van der Waals surface area contributed by atoms with Gasteiger partial charge in [0.15, 0.2) is 23.0 Å². The first-order valence-corrected chi connectivity index (χ1v) is 13.0. The van der Waals surface area contributed by atoms with Gasteiger partial charge in [0.2, 0.25) is 0 Å². The maximum absolute atomic E-state index is 13.7. The SMILES string of the molecule is COc1cc2c(cc1OC(C)C)-n1c(-c3cncs3)nc(C(=O)N3CCCC(C=O)CC3)c1CC2. The molecule has 3 aromatic rings. The summed E-state index contributed by atoms with van der Waals surface area (Å²) in [5.74, 6) is 2.04. The lowest BCUT2D eigenvalue weighted by atomic mass is 9.99. The highest BCUT2D eigenvalue weighted by Crippen LogP contribution is 2.40. The molecule has 2 aliphatic rings. The molecule has 35 heavy (non-hydrogen) atoms. The summed E-state index contributed by atoms with van der Waals surface area (Å²) in [5, 5.41) is 0. The molecule has 1 amide bonds. The zero-order valence-corrected chi connectivity index (χ0v) is 21.1. The summed E-state index contributed by atoms with van der Waals surface area (Å²) in [6, 6.07) is 4.03. The molecule has 184 valence electrons. The van der Waals surface area contributed by atoms with Gasteiger partial charge in [-0.1, -0.05) is 0 Å². The predicted molar refractivity (Wildman–Crippen MR) is 134 cm³/mol. The third-order valence-corrected chi connectivity index (χ3v) is 7.45. The molecule has 2 aliphatic heterocycles. The fourth-order valence-corrected chi connectivity index (χ4v) is 5.58. The molecule has 0 saturated carbocycles. The number of nitrogens with zero attached hydrogens (tertiary/aromatic N) is 4. The highest BCUT2D eigenvalue weighted by Gasteiger charge is 2.32. The van der Waals surface area contributed by atoms with Crippen LogP contribution in [0, 0.1) is 5.92 Å². The van der Waals surface area contributed by atoms with E-state index in [9.17, 15) is 9.59 Å². The monoisotopic (exact) mass is 494 g/mol. The lowest BCUT2D eigenvalue weighted by molar-refractivity contribution is -0.111. The van der Waals surface area contributed by atoms with Crippen LogP contribution in [0.5, 0.6) is 11.5 Å². The molecule has 9 heteroatoms. The van der Waals surface area contributed by atoms with Gasteiger partial charge in [0.05, 0.1) is 35.0 Å². The molecule has 2 aromatic heterocycles. The number of benzene rings is 1. The first-order chi connectivity index (χ1) is 17.0. The fourth-order valence-electron chi connectivity index (χ4n) is 4.98. The number of aryl methyl sites for hydroxylation is 1. The zero-order chi connectivity index (χ0) is 24.5. The van der Waals surface area contributed by atoms with Crippen LogP contribution in [0.3, 0.4) is 0 Å². The van der Waals surface area contributed by atoms with Gasteiger partial charge >= 0.3 is 0 Å². The van der Waals surface area contributed by atoms with Crippen molar-refractivity contribution >= 4 is 23.5 Å². The van der Waals surface area contributed by atoms with E-state index in [1.807, 2.05) is 30.9 Å². The molecule has 0 bridgehead atoms. The summed E-state index contributed by atoms with van der Waals surface area (Å²) >= 11 is 1.50. The van der Waals surface area contributed by atoms with Crippen molar-refractivity contribution in [2.75, 3.05) is 20.2 Å². The number of hydrogen-bond donors (Lipinski definition) is 0. The van der Waals surface area contributed by atoms with Gasteiger partial charge in [-0.15, -0.1) is 11.3 Å². The highest BCUT2D eigenvalue weighted by atomic mass is 32.1. The van der Waals surface area contributed by atoms with E-state index in [0.717, 1.165) is 47.4 Å². The minimum absolute atomic E-state index is 0.0101. The molecule has 1 aromatic carbocycles. The second kappa shape index (κ2) is 9.81. The van der Waals surface area contributed by atoms with E-state index in [1.54, 1.807) is 18.8 Å². The Morgan fingerprint density at radius 2 is 2.06 bits per heavy atom. The van der Waals surface area contributed by atoms with E-state index in [1.165, 1.54) is 11.3 Å². The van der Waals surface area contributed by atoms with Crippen LogP contribution in [-0.2, 0) is 17.6 Å². The number of aromatic nitrogens is 3. The van der Waals surface area contributed by atoms with E-state index in [0.29, 0.717) is 48.9 Å². The number of imidazole rings is 1. The van der Waals surface area contributed by atoms with Gasteiger partial charge in [-0.2, -0.15) is 0 Å². The highest BCUT2D eigenvalue weighted by molar-refractivity contribution is 7.13. The maximum atomic E-state index is 13.7. The number of methoxy groups -OCH3 is 1. The van der Waals surface area contributed by atoms with Crippen LogP contribution in [0.4, 0.5) is 0 Å². The number of rotatable bonds is 6. The van der Waals surface area contributed by atoms with E-state index in [4.69, 9.17) is 14.5 Å². The molecular weight excluding hydrogens is 464 g/mol. The van der Waals surface area contributed by atoms with Crippen LogP contribution in [0.15, 0.2) is 23.8 Å². The normalized spacial score (nSPS) is 17.5. The van der Waals surface area contributed by atoms with E-state index < -0.39 is 0 Å². The number of hydrogen-bond acceptors (Lipinski definition) is 7. The van der Waals surface area contributed by atoms with Gasteiger partial charge in [-0.25, -0.2) is 4.98 Å². The van der Waals surface area contributed by atoms with Crippen LogP contribution in [0.1, 0.15) is 54.9 Å². The number of fused-ring (bicyclic) bond motifs is 3. The molecule has 1 saturated heterocycles. The topological polar surface area (TPSA) is 86.6 Å². The maximum Gasteiger partial charge on any atom is 0.274 e. The van der Waals surface area contributed by atoms with Crippen molar-refractivity contribution in [1.82, 2.24) is 19.4 Å². The Hall–Kier alpha value is -3.20. The molecule has 0 radical (unpaired) electrons. The Labute approximate surface area is 208 Å². The molecule has 4 heterocycles. The Morgan fingerprint density at radius 3 is 2.77 bits per heavy atom. The molecular formula is C26H30N4O4S. The van der Waals surface area contributed by atoms with Crippen molar-refractivity contribution in [2.24, 2.45) is 5.92 Å². The predicted octanol–water partition coefficient (Wildman–Crippen LogP) is 4.33. The average Bonchev–Trinajstić information content (AvgIpc) is 3.45.